The van der Waals surface area contributed by atoms with E-state index in [0.717, 1.165) is 12.6 Å². The van der Waals surface area contributed by atoms with Crippen LogP contribution in [0, 0.1) is 0 Å². The number of hydrogen-bond donors (Lipinski definition) is 2. The first kappa shape index (κ1) is 23.4. The number of ether oxygens (including phenoxy) is 1. The summed E-state index contributed by atoms with van der Waals surface area (Å²) >= 11 is 0. The van der Waals surface area contributed by atoms with Gasteiger partial charge in [-0.2, -0.15) is 18.3 Å². The van der Waals surface area contributed by atoms with Crippen LogP contribution >= 0.6 is 0 Å². The van der Waals surface area contributed by atoms with Crippen LogP contribution in [0.15, 0.2) is 42.6 Å². The maximum atomic E-state index is 13.4. The first-order chi connectivity index (χ1) is 15.3. The highest BCUT2D eigenvalue weighted by Crippen LogP contribution is 2.33. The monoisotopic (exact) mass is 450 g/mol. The molecule has 1 aliphatic carbocycles. The number of aromatic nitrogens is 2. The molecule has 32 heavy (non-hydrogen) atoms. The van der Waals surface area contributed by atoms with E-state index in [1.165, 1.54) is 4.68 Å². The molecule has 2 aromatic rings. The van der Waals surface area contributed by atoms with E-state index >= 15 is 0 Å². The van der Waals surface area contributed by atoms with Crippen LogP contribution in [-0.2, 0) is 6.18 Å². The molecule has 0 aliphatic heterocycles. The van der Waals surface area contributed by atoms with E-state index in [1.54, 1.807) is 24.3 Å². The van der Waals surface area contributed by atoms with E-state index in [4.69, 9.17) is 4.74 Å². The number of carbonyl (C=O) groups is 2. The summed E-state index contributed by atoms with van der Waals surface area (Å²) in [6.45, 7) is 2.39. The van der Waals surface area contributed by atoms with Crippen LogP contribution in [0.3, 0.4) is 0 Å². The Labute approximate surface area is 183 Å². The van der Waals surface area contributed by atoms with Gasteiger partial charge in [0.2, 0.25) is 0 Å². The molecule has 1 atom stereocenters. The van der Waals surface area contributed by atoms with Crippen LogP contribution < -0.4 is 15.4 Å². The van der Waals surface area contributed by atoms with Crippen molar-refractivity contribution in [3.8, 4) is 5.75 Å². The van der Waals surface area contributed by atoms with Gasteiger partial charge < -0.3 is 15.4 Å². The van der Waals surface area contributed by atoms with E-state index in [9.17, 15) is 22.8 Å². The third kappa shape index (κ3) is 5.89. The zero-order valence-corrected chi connectivity index (χ0v) is 17.6. The summed E-state index contributed by atoms with van der Waals surface area (Å²) in [7, 11) is 0. The second-order valence-electron chi connectivity index (χ2n) is 7.28. The summed E-state index contributed by atoms with van der Waals surface area (Å²) in [5.41, 5.74) is -1.32. The molecule has 0 fully saturated rings. The van der Waals surface area contributed by atoms with Crippen molar-refractivity contribution < 1.29 is 27.5 Å². The van der Waals surface area contributed by atoms with Crippen molar-refractivity contribution >= 4 is 11.8 Å². The van der Waals surface area contributed by atoms with Gasteiger partial charge in [0, 0.05) is 24.8 Å². The maximum absolute atomic E-state index is 13.4. The number of amides is 2. The van der Waals surface area contributed by atoms with Gasteiger partial charge in [-0.3, -0.25) is 14.3 Å². The summed E-state index contributed by atoms with van der Waals surface area (Å²) in [6.07, 6.45) is 2.26. The lowest BCUT2D eigenvalue weighted by molar-refractivity contribution is -0.141. The molecule has 1 aromatic carbocycles. The number of carbonyl (C=O) groups excluding carboxylic acids is 2. The Morgan fingerprint density at radius 3 is 2.41 bits per heavy atom. The highest BCUT2D eigenvalue weighted by atomic mass is 19.4. The molecule has 0 radical (unpaired) electrons. The van der Waals surface area contributed by atoms with Gasteiger partial charge in [0.1, 0.15) is 5.75 Å². The molecule has 1 aliphatic rings. The number of hydrogen-bond acceptors (Lipinski definition) is 4. The number of alkyl halides is 3. The Hall–Kier alpha value is -3.30. The smallest absolute Gasteiger partial charge is 0.435 e. The molecule has 2 amide bonds. The second kappa shape index (κ2) is 10.3. The van der Waals surface area contributed by atoms with Gasteiger partial charge in [-0.05, 0) is 50.5 Å². The zero-order chi connectivity index (χ0) is 23.1. The first-order valence-electron chi connectivity index (χ1n) is 10.4. The van der Waals surface area contributed by atoms with Gasteiger partial charge >= 0.3 is 6.18 Å². The standard InChI is InChI=1S/C22H25F3N4O3/c1-2-32-17-10-8-15(9-11-17)20(30)26-12-13-27-21(31)18-14-29(16-6-4-3-5-7-16)28-19(18)22(23,24)25/h3-4,8-11,14,16H,2,5-7,12-13H2,1H3,(H,26,30)(H,27,31). The SMILES string of the molecule is CCOc1ccc(C(=O)NCCNC(=O)c2cn(C3CC=CCC3)nc2C(F)(F)F)cc1. The molecule has 3 rings (SSSR count). The molecule has 1 aromatic heterocycles. The Morgan fingerprint density at radius 2 is 1.81 bits per heavy atom. The normalized spacial score (nSPS) is 15.9. The number of allylic oxidation sites excluding steroid dienone is 2. The lowest BCUT2D eigenvalue weighted by atomic mass is 10.0. The Kier molecular flexibility index (Phi) is 7.55. The van der Waals surface area contributed by atoms with Gasteiger partial charge in [-0.15, -0.1) is 0 Å². The fraction of sp³-hybridized carbons (Fsp3) is 0.409. The summed E-state index contributed by atoms with van der Waals surface area (Å²) in [5, 5.41) is 8.69. The Bertz CT molecular complexity index is 968. The van der Waals surface area contributed by atoms with Gasteiger partial charge in [-0.1, -0.05) is 12.2 Å². The third-order valence-corrected chi connectivity index (χ3v) is 4.98. The largest absolute Gasteiger partial charge is 0.494 e. The van der Waals surface area contributed by atoms with Gasteiger partial charge in [0.15, 0.2) is 5.69 Å². The number of nitrogens with one attached hydrogen (secondary N) is 2. The molecule has 1 heterocycles. The maximum Gasteiger partial charge on any atom is 0.435 e. The average molecular weight is 450 g/mol. The first-order valence-corrected chi connectivity index (χ1v) is 10.4. The molecule has 1 unspecified atom stereocenters. The summed E-state index contributed by atoms with van der Waals surface area (Å²) in [6, 6.07) is 6.32. The Morgan fingerprint density at radius 1 is 1.12 bits per heavy atom. The van der Waals surface area contributed by atoms with Gasteiger partial charge in [0.25, 0.3) is 11.8 Å². The molecule has 10 heteroatoms. The fourth-order valence-electron chi connectivity index (χ4n) is 3.39. The van der Waals surface area contributed by atoms with Crippen LogP contribution in [0.4, 0.5) is 13.2 Å². The predicted octanol–water partition coefficient (Wildman–Crippen LogP) is 3.74. The third-order valence-electron chi connectivity index (χ3n) is 4.98. The van der Waals surface area contributed by atoms with Crippen molar-refractivity contribution in [2.24, 2.45) is 0 Å². The van der Waals surface area contributed by atoms with E-state index in [-0.39, 0.29) is 25.0 Å². The van der Waals surface area contributed by atoms with Crippen molar-refractivity contribution in [2.45, 2.75) is 38.4 Å². The predicted molar refractivity (Wildman–Crippen MR) is 112 cm³/mol. The van der Waals surface area contributed by atoms with Crippen LogP contribution in [0.5, 0.6) is 5.75 Å². The average Bonchev–Trinajstić information content (AvgIpc) is 3.24. The fourth-order valence-corrected chi connectivity index (χ4v) is 3.39. The number of halogens is 3. The lowest BCUT2D eigenvalue weighted by Crippen LogP contribution is -2.35. The number of nitrogens with zero attached hydrogens (tertiary/aromatic N) is 2. The zero-order valence-electron chi connectivity index (χ0n) is 17.6. The second-order valence-corrected chi connectivity index (χ2v) is 7.28. The van der Waals surface area contributed by atoms with Crippen molar-refractivity contribution in [3.63, 3.8) is 0 Å². The van der Waals surface area contributed by atoms with Gasteiger partial charge in [-0.25, -0.2) is 0 Å². The van der Waals surface area contributed by atoms with Crippen molar-refractivity contribution in [1.29, 1.82) is 0 Å². The number of benzene rings is 1. The molecule has 2 N–H and O–H groups in total. The van der Waals surface area contributed by atoms with E-state index in [0.29, 0.717) is 30.8 Å². The highest BCUT2D eigenvalue weighted by Gasteiger charge is 2.39. The summed E-state index contributed by atoms with van der Waals surface area (Å²) < 4.78 is 46.8. The van der Waals surface area contributed by atoms with E-state index in [2.05, 4.69) is 15.7 Å². The molecule has 0 spiro atoms. The minimum absolute atomic E-state index is 0.0315. The van der Waals surface area contributed by atoms with Gasteiger partial charge in [0.05, 0.1) is 18.2 Å². The molecule has 0 bridgehead atoms. The van der Waals surface area contributed by atoms with Crippen molar-refractivity contribution in [1.82, 2.24) is 20.4 Å². The molecular formula is C22H25F3N4O3. The molecule has 7 nitrogen and oxygen atoms in total. The molecule has 0 saturated carbocycles. The summed E-state index contributed by atoms with van der Waals surface area (Å²) in [5.74, 6) is -0.608. The van der Waals surface area contributed by atoms with Crippen molar-refractivity contribution in [3.05, 3.63) is 59.4 Å². The van der Waals surface area contributed by atoms with E-state index in [1.807, 2.05) is 19.1 Å². The molecule has 0 saturated heterocycles. The van der Waals surface area contributed by atoms with Crippen LogP contribution in [0.1, 0.15) is 58.6 Å². The van der Waals surface area contributed by atoms with E-state index < -0.39 is 23.3 Å². The molecular weight excluding hydrogens is 425 g/mol. The summed E-state index contributed by atoms with van der Waals surface area (Å²) in [4.78, 5) is 24.6. The lowest BCUT2D eigenvalue weighted by Gasteiger charge is -2.18. The van der Waals surface area contributed by atoms with Crippen molar-refractivity contribution in [2.75, 3.05) is 19.7 Å². The van der Waals surface area contributed by atoms with Crippen LogP contribution in [0.25, 0.3) is 0 Å². The quantitative estimate of drug-likeness (QED) is 0.474. The number of rotatable bonds is 8. The van der Waals surface area contributed by atoms with Crippen LogP contribution in [0.2, 0.25) is 0 Å². The Balaban J connectivity index is 1.56. The minimum atomic E-state index is -4.75. The van der Waals surface area contributed by atoms with Crippen LogP contribution in [-0.4, -0.2) is 41.3 Å². The minimum Gasteiger partial charge on any atom is -0.494 e. The molecule has 172 valence electrons. The highest BCUT2D eigenvalue weighted by molar-refractivity contribution is 5.96. The topological polar surface area (TPSA) is 85.3 Å².